The summed E-state index contributed by atoms with van der Waals surface area (Å²) >= 11 is 0. The zero-order valence-electron chi connectivity index (χ0n) is 8.22. The van der Waals surface area contributed by atoms with E-state index in [2.05, 4.69) is 43.4 Å². The summed E-state index contributed by atoms with van der Waals surface area (Å²) in [7, 11) is 0. The summed E-state index contributed by atoms with van der Waals surface area (Å²) in [4.78, 5) is 0. The van der Waals surface area contributed by atoms with Crippen LogP contribution in [0, 0.1) is 13.8 Å². The molecule has 0 bridgehead atoms. The molecule has 0 saturated carbocycles. The van der Waals surface area contributed by atoms with Crippen LogP contribution in [0.15, 0.2) is 18.2 Å². The van der Waals surface area contributed by atoms with Gasteiger partial charge in [0.25, 0.3) is 0 Å². The average molecular weight is 173 g/mol. The van der Waals surface area contributed by atoms with Crippen molar-refractivity contribution in [3.8, 4) is 0 Å². The second kappa shape index (κ2) is 3.25. The first kappa shape index (κ1) is 8.36. The Morgan fingerprint density at radius 1 is 1.23 bits per heavy atom. The summed E-state index contributed by atoms with van der Waals surface area (Å²) < 4.78 is 0. The number of nitrogens with one attached hydrogen (secondary N) is 1. The van der Waals surface area contributed by atoms with Gasteiger partial charge in [-0.15, -0.1) is 0 Å². The van der Waals surface area contributed by atoms with Gasteiger partial charge in [0, 0.05) is 17.8 Å². The maximum atomic E-state index is 3.43. The van der Waals surface area contributed by atoms with Gasteiger partial charge in [0.05, 0.1) is 0 Å². The highest BCUT2D eigenvalue weighted by Crippen LogP contribution is 2.25. The van der Waals surface area contributed by atoms with E-state index in [0.29, 0.717) is 0 Å². The van der Waals surface area contributed by atoms with Crippen LogP contribution in [-0.2, 0) is 0 Å². The monoisotopic (exact) mass is 173 g/mol. The van der Waals surface area contributed by atoms with Crippen molar-refractivity contribution in [2.24, 2.45) is 0 Å². The molecule has 1 aliphatic heterocycles. The van der Waals surface area contributed by atoms with Crippen LogP contribution in [0.5, 0.6) is 0 Å². The minimum Gasteiger partial charge on any atom is -0.384 e. The normalized spacial score (nSPS) is 14.6. The first-order valence-electron chi connectivity index (χ1n) is 4.79. The molecule has 1 aromatic carbocycles. The van der Waals surface area contributed by atoms with Gasteiger partial charge >= 0.3 is 0 Å². The molecule has 0 atom stereocenters. The predicted octanol–water partition coefficient (Wildman–Crippen LogP) is 3.13. The molecular formula is C12H15N. The molecule has 0 spiro atoms. The Morgan fingerprint density at radius 2 is 2.08 bits per heavy atom. The molecule has 0 aliphatic carbocycles. The van der Waals surface area contributed by atoms with Crippen LogP contribution in [0.4, 0.5) is 5.69 Å². The van der Waals surface area contributed by atoms with Gasteiger partial charge in [0.1, 0.15) is 0 Å². The first-order chi connectivity index (χ1) is 6.29. The maximum Gasteiger partial charge on any atom is 0.0416 e. The van der Waals surface area contributed by atoms with E-state index in [4.69, 9.17) is 0 Å². The highest BCUT2D eigenvalue weighted by atomic mass is 14.9. The molecule has 1 aliphatic rings. The zero-order chi connectivity index (χ0) is 9.26. The number of rotatable bonds is 0. The summed E-state index contributed by atoms with van der Waals surface area (Å²) in [6, 6.07) is 4.35. The van der Waals surface area contributed by atoms with Gasteiger partial charge in [-0.2, -0.15) is 0 Å². The van der Waals surface area contributed by atoms with E-state index < -0.39 is 0 Å². The van der Waals surface area contributed by atoms with Gasteiger partial charge in [0.15, 0.2) is 0 Å². The largest absolute Gasteiger partial charge is 0.384 e. The van der Waals surface area contributed by atoms with Gasteiger partial charge in [-0.1, -0.05) is 18.2 Å². The van der Waals surface area contributed by atoms with Gasteiger partial charge in [0.2, 0.25) is 0 Å². The second-order valence-corrected chi connectivity index (χ2v) is 3.59. The third-order valence-corrected chi connectivity index (χ3v) is 2.70. The molecule has 0 aromatic heterocycles. The van der Waals surface area contributed by atoms with Gasteiger partial charge in [-0.05, 0) is 37.5 Å². The van der Waals surface area contributed by atoms with E-state index in [1.54, 1.807) is 0 Å². The van der Waals surface area contributed by atoms with E-state index in [1.165, 1.54) is 22.4 Å². The van der Waals surface area contributed by atoms with Crippen molar-refractivity contribution in [1.82, 2.24) is 0 Å². The molecule has 1 heterocycles. The lowest BCUT2D eigenvalue weighted by Crippen LogP contribution is -2.00. The quantitative estimate of drug-likeness (QED) is 0.635. The van der Waals surface area contributed by atoms with Gasteiger partial charge in [-0.3, -0.25) is 0 Å². The summed E-state index contributed by atoms with van der Waals surface area (Å²) in [5.74, 6) is 0. The van der Waals surface area contributed by atoms with Crippen LogP contribution < -0.4 is 5.32 Å². The van der Waals surface area contributed by atoms with E-state index in [9.17, 15) is 0 Å². The highest BCUT2D eigenvalue weighted by Gasteiger charge is 2.06. The first-order valence-corrected chi connectivity index (χ1v) is 4.79. The van der Waals surface area contributed by atoms with E-state index in [-0.39, 0.29) is 0 Å². The van der Waals surface area contributed by atoms with E-state index in [0.717, 1.165) is 13.0 Å². The third-order valence-electron chi connectivity index (χ3n) is 2.70. The molecule has 0 fully saturated rings. The van der Waals surface area contributed by atoms with E-state index >= 15 is 0 Å². The molecule has 1 aromatic rings. The lowest BCUT2D eigenvalue weighted by molar-refractivity contribution is 1.08. The van der Waals surface area contributed by atoms with Crippen molar-refractivity contribution < 1.29 is 0 Å². The fraction of sp³-hybridized carbons (Fsp3) is 0.333. The van der Waals surface area contributed by atoms with Crippen molar-refractivity contribution in [2.45, 2.75) is 20.3 Å². The number of aryl methyl sites for hydroxylation is 1. The van der Waals surface area contributed by atoms with Crippen LogP contribution in [0.25, 0.3) is 6.08 Å². The minimum absolute atomic E-state index is 1.05. The molecule has 1 nitrogen and oxygen atoms in total. The Balaban J connectivity index is 2.58. The Morgan fingerprint density at radius 3 is 2.92 bits per heavy atom. The second-order valence-electron chi connectivity index (χ2n) is 3.59. The van der Waals surface area contributed by atoms with Crippen molar-refractivity contribution in [3.05, 3.63) is 34.9 Å². The zero-order valence-corrected chi connectivity index (χ0v) is 8.22. The molecule has 1 heteroatoms. The predicted molar refractivity (Wildman–Crippen MR) is 58.1 cm³/mol. The Hall–Kier alpha value is -1.24. The minimum atomic E-state index is 1.05. The number of anilines is 1. The molecular weight excluding hydrogens is 158 g/mol. The number of hydrogen-bond donors (Lipinski definition) is 1. The number of hydrogen-bond acceptors (Lipinski definition) is 1. The SMILES string of the molecule is Cc1ccc2c(c1C)C=CCCN2. The molecule has 2 rings (SSSR count). The van der Waals surface area contributed by atoms with E-state index in [1.807, 2.05) is 0 Å². The number of benzene rings is 1. The van der Waals surface area contributed by atoms with Crippen molar-refractivity contribution >= 4 is 11.8 Å². The lowest BCUT2D eigenvalue weighted by Gasteiger charge is -2.11. The lowest BCUT2D eigenvalue weighted by atomic mass is 10.0. The van der Waals surface area contributed by atoms with Crippen LogP contribution in [0.1, 0.15) is 23.1 Å². The molecule has 0 unspecified atom stereocenters. The Kier molecular flexibility index (Phi) is 2.09. The summed E-state index contributed by atoms with van der Waals surface area (Å²) in [6.07, 6.45) is 5.59. The molecule has 0 saturated heterocycles. The van der Waals surface area contributed by atoms with Crippen molar-refractivity contribution in [3.63, 3.8) is 0 Å². The highest BCUT2D eigenvalue weighted by molar-refractivity contribution is 5.71. The summed E-state index contributed by atoms with van der Waals surface area (Å²) in [5, 5.41) is 3.43. The standard InChI is InChI=1S/C12H15N/c1-9-6-7-12-11(10(9)2)5-3-4-8-13-12/h3,5-7,13H,4,8H2,1-2H3. The van der Waals surface area contributed by atoms with Gasteiger partial charge in [-0.25, -0.2) is 0 Å². The van der Waals surface area contributed by atoms with Crippen LogP contribution in [0.2, 0.25) is 0 Å². The molecule has 1 N–H and O–H groups in total. The fourth-order valence-electron chi connectivity index (χ4n) is 1.70. The molecule has 0 amide bonds. The summed E-state index contributed by atoms with van der Waals surface area (Å²) in [5.41, 5.74) is 5.39. The smallest absolute Gasteiger partial charge is 0.0416 e. The molecule has 13 heavy (non-hydrogen) atoms. The Labute approximate surface area is 79.5 Å². The molecule has 0 radical (unpaired) electrons. The van der Waals surface area contributed by atoms with Crippen molar-refractivity contribution in [1.29, 1.82) is 0 Å². The molecule has 68 valence electrons. The number of fused-ring (bicyclic) bond motifs is 1. The van der Waals surface area contributed by atoms with Crippen LogP contribution >= 0.6 is 0 Å². The van der Waals surface area contributed by atoms with Gasteiger partial charge < -0.3 is 5.32 Å². The van der Waals surface area contributed by atoms with Crippen molar-refractivity contribution in [2.75, 3.05) is 11.9 Å². The third kappa shape index (κ3) is 1.46. The van der Waals surface area contributed by atoms with Crippen LogP contribution in [0.3, 0.4) is 0 Å². The topological polar surface area (TPSA) is 12.0 Å². The summed E-state index contributed by atoms with van der Waals surface area (Å²) in [6.45, 7) is 5.39. The average Bonchev–Trinajstić information content (AvgIpc) is 2.36. The fourth-order valence-corrected chi connectivity index (χ4v) is 1.70. The van der Waals surface area contributed by atoms with Crippen LogP contribution in [-0.4, -0.2) is 6.54 Å². The Bertz CT molecular complexity index is 350. The maximum absolute atomic E-state index is 3.43.